The molecular formula is C18H25O3PS. The van der Waals surface area contributed by atoms with Crippen molar-refractivity contribution in [1.82, 2.24) is 0 Å². The van der Waals surface area contributed by atoms with E-state index in [1.807, 2.05) is 60.7 Å². The first-order valence-corrected chi connectivity index (χ1v) is 12.0. The van der Waals surface area contributed by atoms with Crippen molar-refractivity contribution in [3.8, 4) is 0 Å². The average Bonchev–Trinajstić information content (AvgIpc) is 2.55. The molecule has 2 rings (SSSR count). The second-order valence-corrected chi connectivity index (χ2v) is 12.6. The molecule has 2 aromatic carbocycles. The third-order valence-electron chi connectivity index (χ3n) is 3.97. The van der Waals surface area contributed by atoms with Gasteiger partial charge in [-0.05, 0) is 36.4 Å². The highest BCUT2D eigenvalue weighted by Gasteiger charge is 2.43. The molecule has 0 bridgehead atoms. The summed E-state index contributed by atoms with van der Waals surface area (Å²) in [5.41, 5.74) is 0. The van der Waals surface area contributed by atoms with Gasteiger partial charge in [-0.15, -0.1) is 0 Å². The highest BCUT2D eigenvalue weighted by atomic mass is 32.8. The van der Waals surface area contributed by atoms with Crippen molar-refractivity contribution < 1.29 is 14.4 Å². The fourth-order valence-electron chi connectivity index (χ4n) is 2.79. The van der Waals surface area contributed by atoms with Gasteiger partial charge < -0.3 is 9.79 Å². The largest absolute Gasteiger partial charge is 0.374 e. The van der Waals surface area contributed by atoms with Crippen LogP contribution in [0.15, 0.2) is 70.5 Å². The van der Waals surface area contributed by atoms with Gasteiger partial charge in [-0.3, -0.25) is 0 Å². The Hall–Kier alpha value is -1.06. The van der Waals surface area contributed by atoms with Crippen molar-refractivity contribution in [3.63, 3.8) is 0 Å². The van der Waals surface area contributed by atoms with Gasteiger partial charge >= 0.3 is 6.80 Å². The summed E-state index contributed by atoms with van der Waals surface area (Å²) in [6.45, 7) is -2.18. The number of hydrogen-bond acceptors (Lipinski definition) is 1. The lowest BCUT2D eigenvalue weighted by Gasteiger charge is -2.41. The zero-order valence-corrected chi connectivity index (χ0v) is 15.2. The summed E-state index contributed by atoms with van der Waals surface area (Å²) in [5.74, 6) is 0.533. The van der Waals surface area contributed by atoms with Crippen molar-refractivity contribution in [2.24, 2.45) is 0 Å². The molecule has 2 N–H and O–H groups in total. The van der Waals surface area contributed by atoms with E-state index in [0.29, 0.717) is 5.75 Å². The maximum absolute atomic E-state index is 12.6. The van der Waals surface area contributed by atoms with Crippen LogP contribution >= 0.6 is 16.4 Å². The summed E-state index contributed by atoms with van der Waals surface area (Å²) < 4.78 is 12.6. The maximum Gasteiger partial charge on any atom is 0.374 e. The number of benzene rings is 2. The van der Waals surface area contributed by atoms with Gasteiger partial charge in [0.05, 0.1) is 0 Å². The van der Waals surface area contributed by atoms with Crippen molar-refractivity contribution in [2.45, 2.75) is 42.4 Å². The minimum Gasteiger partial charge on any atom is -0.317 e. The number of rotatable bonds is 8. The van der Waals surface area contributed by atoms with Crippen LogP contribution in [0.5, 0.6) is 0 Å². The van der Waals surface area contributed by atoms with E-state index in [4.69, 9.17) is 0 Å². The van der Waals surface area contributed by atoms with E-state index in [9.17, 15) is 14.4 Å². The molecule has 2 aromatic rings. The van der Waals surface area contributed by atoms with E-state index in [-0.39, 0.29) is 0 Å². The highest BCUT2D eigenvalue weighted by molar-refractivity contribution is 8.76. The van der Waals surface area contributed by atoms with Crippen LogP contribution in [0.2, 0.25) is 0 Å². The van der Waals surface area contributed by atoms with Crippen LogP contribution in [0.1, 0.15) is 32.6 Å². The first kappa shape index (κ1) is 18.3. The Kier molecular flexibility index (Phi) is 6.49. The van der Waals surface area contributed by atoms with Crippen molar-refractivity contribution in [2.75, 3.05) is 5.75 Å². The Balaban J connectivity index is 2.53. The van der Waals surface area contributed by atoms with Gasteiger partial charge in [0.2, 0.25) is 0 Å². The normalized spacial score (nSPS) is 13.0. The van der Waals surface area contributed by atoms with Crippen LogP contribution in [0.25, 0.3) is 0 Å². The van der Waals surface area contributed by atoms with E-state index in [2.05, 4.69) is 6.92 Å². The van der Waals surface area contributed by atoms with Gasteiger partial charge in [0.1, 0.15) is 0 Å². The minimum atomic E-state index is -4.32. The van der Waals surface area contributed by atoms with Crippen LogP contribution < -0.4 is 0 Å². The smallest absolute Gasteiger partial charge is 0.317 e. The van der Waals surface area contributed by atoms with Gasteiger partial charge in [-0.25, -0.2) is 4.57 Å². The van der Waals surface area contributed by atoms with E-state index >= 15 is 0 Å². The fourth-order valence-corrected chi connectivity index (χ4v) is 9.64. The Morgan fingerprint density at radius 3 is 1.70 bits per heavy atom. The van der Waals surface area contributed by atoms with E-state index in [1.54, 1.807) is 0 Å². The summed E-state index contributed by atoms with van der Waals surface area (Å²) in [5, 5.41) is 0. The lowest BCUT2D eigenvalue weighted by Crippen LogP contribution is -2.08. The van der Waals surface area contributed by atoms with Crippen LogP contribution in [0.4, 0.5) is 0 Å². The van der Waals surface area contributed by atoms with E-state index in [0.717, 1.165) is 35.5 Å². The second-order valence-electron chi connectivity index (χ2n) is 5.58. The van der Waals surface area contributed by atoms with Crippen molar-refractivity contribution in [3.05, 3.63) is 60.7 Å². The SMILES string of the molecule is CCCCCCS(c1ccccc1)(c1ccccc1)P(=O)(O)O. The van der Waals surface area contributed by atoms with E-state index < -0.39 is 16.4 Å². The molecular weight excluding hydrogens is 327 g/mol. The molecule has 0 aliphatic rings. The molecule has 3 nitrogen and oxygen atoms in total. The summed E-state index contributed by atoms with van der Waals surface area (Å²) in [6, 6.07) is 18.7. The van der Waals surface area contributed by atoms with Crippen molar-refractivity contribution >= 4 is 16.4 Å². The van der Waals surface area contributed by atoms with Gasteiger partial charge in [0.15, 0.2) is 0 Å². The highest BCUT2D eigenvalue weighted by Crippen LogP contribution is 2.85. The predicted octanol–water partition coefficient (Wildman–Crippen LogP) is 5.58. The molecule has 0 unspecified atom stereocenters. The Morgan fingerprint density at radius 1 is 0.826 bits per heavy atom. The molecule has 0 atom stereocenters. The standard InChI is InChI=1S/C18H25O3PS/c1-2-3-4-11-16-23(22(19,20)21,17-12-7-5-8-13-17)18-14-9-6-10-15-18/h5-10,12-15H,2-4,11,16H2,1H3,(H2,19,20,21). The van der Waals surface area contributed by atoms with Crippen molar-refractivity contribution in [1.29, 1.82) is 0 Å². The van der Waals surface area contributed by atoms with Gasteiger partial charge in [0.25, 0.3) is 0 Å². The zero-order valence-electron chi connectivity index (χ0n) is 13.5. The van der Waals surface area contributed by atoms with E-state index in [1.165, 1.54) is 0 Å². The van der Waals surface area contributed by atoms with Crippen LogP contribution in [0.3, 0.4) is 0 Å². The molecule has 0 saturated carbocycles. The molecule has 0 aliphatic carbocycles. The Labute approximate surface area is 140 Å². The van der Waals surface area contributed by atoms with Gasteiger partial charge in [-0.1, -0.05) is 72.2 Å². The molecule has 0 amide bonds. The molecule has 0 radical (unpaired) electrons. The third-order valence-corrected chi connectivity index (χ3v) is 12.0. The molecule has 0 spiro atoms. The van der Waals surface area contributed by atoms with Crippen LogP contribution in [-0.4, -0.2) is 15.5 Å². The lowest BCUT2D eigenvalue weighted by molar-refractivity contribution is 0.395. The van der Waals surface area contributed by atoms with Crippen LogP contribution in [0, 0.1) is 0 Å². The van der Waals surface area contributed by atoms with Gasteiger partial charge in [-0.2, -0.15) is 0 Å². The fraction of sp³-hybridized carbons (Fsp3) is 0.333. The summed E-state index contributed by atoms with van der Waals surface area (Å²) in [6.07, 6.45) is 4.04. The molecule has 0 fully saturated rings. The molecule has 0 saturated heterocycles. The summed E-state index contributed by atoms with van der Waals surface area (Å²) in [7, 11) is -2.38. The molecule has 0 aromatic heterocycles. The zero-order chi connectivity index (χ0) is 16.8. The second kappa shape index (κ2) is 8.16. The predicted molar refractivity (Wildman–Crippen MR) is 98.1 cm³/mol. The number of unbranched alkanes of at least 4 members (excludes halogenated alkanes) is 3. The molecule has 0 aliphatic heterocycles. The Morgan fingerprint density at radius 2 is 1.30 bits per heavy atom. The van der Waals surface area contributed by atoms with Gasteiger partial charge in [0, 0.05) is 9.79 Å². The topological polar surface area (TPSA) is 57.5 Å². The summed E-state index contributed by atoms with van der Waals surface area (Å²) >= 11 is 0. The Bertz CT molecular complexity index is 600. The third kappa shape index (κ3) is 4.07. The summed E-state index contributed by atoms with van der Waals surface area (Å²) in [4.78, 5) is 22.2. The number of hydrogen-bond donors (Lipinski definition) is 2. The first-order chi connectivity index (χ1) is 11.0. The minimum absolute atomic E-state index is 0.533. The monoisotopic (exact) mass is 352 g/mol. The molecule has 23 heavy (non-hydrogen) atoms. The average molecular weight is 352 g/mol. The molecule has 5 heteroatoms. The molecule has 126 valence electrons. The quantitative estimate of drug-likeness (QED) is 0.481. The maximum atomic E-state index is 12.6. The van der Waals surface area contributed by atoms with Crippen LogP contribution in [-0.2, 0) is 4.57 Å². The lowest BCUT2D eigenvalue weighted by atomic mass is 10.2. The molecule has 0 heterocycles. The first-order valence-electron chi connectivity index (χ1n) is 7.99.